The van der Waals surface area contributed by atoms with Gasteiger partial charge in [0.2, 0.25) is 5.91 Å². The molecule has 0 aliphatic carbocycles. The Kier molecular flexibility index (Phi) is 15.6. The van der Waals surface area contributed by atoms with E-state index in [2.05, 4.69) is 5.32 Å². The number of hydrogen-bond acceptors (Lipinski definition) is 9. The highest BCUT2D eigenvalue weighted by Crippen LogP contribution is 2.22. The average Bonchev–Trinajstić information content (AvgIpc) is 2.82. The minimum absolute atomic E-state index is 0.134. The number of nitrogens with one attached hydrogen (secondary N) is 1. The number of carbonyl (C=O) groups is 3. The van der Waals surface area contributed by atoms with E-state index in [1.807, 2.05) is 30.3 Å². The molecule has 0 saturated heterocycles. The van der Waals surface area contributed by atoms with Gasteiger partial charge in [-0.05, 0) is 11.0 Å². The molecule has 204 valence electrons. The first kappa shape index (κ1) is 31.5. The van der Waals surface area contributed by atoms with Crippen LogP contribution in [0.2, 0.25) is 0 Å². The minimum Gasteiger partial charge on any atom is -0.479 e. The molecule has 0 radical (unpaired) electrons. The maximum Gasteiger partial charge on any atom is 0.333 e. The van der Waals surface area contributed by atoms with Crippen LogP contribution in [0.25, 0.3) is 0 Å². The van der Waals surface area contributed by atoms with Gasteiger partial charge < -0.3 is 39.8 Å². The van der Waals surface area contributed by atoms with Gasteiger partial charge in [0.15, 0.2) is 6.10 Å². The Bertz CT molecular complexity index is 769. The van der Waals surface area contributed by atoms with Crippen molar-refractivity contribution >= 4 is 17.8 Å². The second-order valence-corrected chi connectivity index (χ2v) is 9.04. The van der Waals surface area contributed by atoms with Crippen LogP contribution in [0.15, 0.2) is 30.3 Å². The molecule has 0 aliphatic rings. The van der Waals surface area contributed by atoms with Gasteiger partial charge in [-0.25, -0.2) is 4.79 Å². The van der Waals surface area contributed by atoms with E-state index >= 15 is 0 Å². The summed E-state index contributed by atoms with van der Waals surface area (Å²) in [5.41, 5.74) is 6.11. The molecule has 36 heavy (non-hydrogen) atoms. The first-order valence-corrected chi connectivity index (χ1v) is 11.9. The zero-order chi connectivity index (χ0) is 26.8. The fourth-order valence-electron chi connectivity index (χ4n) is 2.91. The topological polar surface area (TPSA) is 156 Å². The molecule has 4 N–H and O–H groups in total. The van der Waals surface area contributed by atoms with Gasteiger partial charge in [0.25, 0.3) is 0 Å². The Morgan fingerprint density at radius 2 is 1.47 bits per heavy atom. The van der Waals surface area contributed by atoms with E-state index in [1.165, 1.54) is 0 Å². The molecule has 0 bridgehead atoms. The van der Waals surface area contributed by atoms with E-state index in [0.717, 1.165) is 5.56 Å². The lowest BCUT2D eigenvalue weighted by atomic mass is 9.89. The number of carbonyl (C=O) groups excluding carboxylic acids is 2. The highest BCUT2D eigenvalue weighted by molar-refractivity contribution is 5.86. The van der Waals surface area contributed by atoms with Gasteiger partial charge in [0, 0.05) is 6.54 Å². The van der Waals surface area contributed by atoms with E-state index < -0.39 is 35.4 Å². The monoisotopic (exact) mass is 512 g/mol. The van der Waals surface area contributed by atoms with Crippen molar-refractivity contribution in [2.75, 3.05) is 52.8 Å². The number of carboxylic acids is 1. The van der Waals surface area contributed by atoms with Crippen LogP contribution in [0.3, 0.4) is 0 Å². The number of esters is 1. The summed E-state index contributed by atoms with van der Waals surface area (Å²) in [6, 6.07) is 8.24. The molecular weight excluding hydrogens is 472 g/mol. The lowest BCUT2D eigenvalue weighted by molar-refractivity contribution is -0.159. The molecule has 0 aliphatic heterocycles. The molecule has 11 heteroatoms. The molecule has 2 atom stereocenters. The lowest BCUT2D eigenvalue weighted by Crippen LogP contribution is -2.43. The number of aliphatic carboxylic acids is 1. The first-order valence-electron chi connectivity index (χ1n) is 11.9. The van der Waals surface area contributed by atoms with Crippen LogP contribution in [-0.4, -0.2) is 87.9 Å². The lowest BCUT2D eigenvalue weighted by Gasteiger charge is -2.26. The minimum atomic E-state index is -0.995. The Hall–Kier alpha value is -2.57. The molecule has 11 nitrogen and oxygen atoms in total. The van der Waals surface area contributed by atoms with Crippen molar-refractivity contribution in [3.8, 4) is 0 Å². The van der Waals surface area contributed by atoms with Crippen LogP contribution in [0.5, 0.6) is 0 Å². The van der Waals surface area contributed by atoms with Gasteiger partial charge in [0.05, 0.1) is 58.7 Å². The third-order valence-corrected chi connectivity index (χ3v) is 4.78. The van der Waals surface area contributed by atoms with Gasteiger partial charge in [-0.3, -0.25) is 9.59 Å². The first-order chi connectivity index (χ1) is 17.1. The summed E-state index contributed by atoms with van der Waals surface area (Å²) in [6.45, 7) is 7.91. The van der Waals surface area contributed by atoms with Crippen molar-refractivity contribution in [3.63, 3.8) is 0 Å². The highest BCUT2D eigenvalue weighted by atomic mass is 16.6. The molecule has 0 fully saturated rings. The molecule has 1 unspecified atom stereocenters. The van der Waals surface area contributed by atoms with Crippen LogP contribution in [0.4, 0.5) is 0 Å². The Morgan fingerprint density at radius 3 is 2.03 bits per heavy atom. The zero-order valence-electron chi connectivity index (χ0n) is 21.4. The van der Waals surface area contributed by atoms with Crippen LogP contribution >= 0.6 is 0 Å². The quantitative estimate of drug-likeness (QED) is 0.181. The molecule has 0 saturated carbocycles. The van der Waals surface area contributed by atoms with E-state index in [4.69, 9.17) is 29.4 Å². The Morgan fingerprint density at radius 1 is 0.917 bits per heavy atom. The molecule has 1 aromatic rings. The predicted octanol–water partition coefficient (Wildman–Crippen LogP) is 1.13. The normalized spacial score (nSPS) is 13.1. The maximum absolute atomic E-state index is 12.0. The number of benzene rings is 1. The third-order valence-electron chi connectivity index (χ3n) is 4.78. The number of ether oxygens (including phenoxy) is 5. The summed E-state index contributed by atoms with van der Waals surface area (Å²) in [7, 11) is 0. The van der Waals surface area contributed by atoms with E-state index in [9.17, 15) is 19.5 Å². The zero-order valence-corrected chi connectivity index (χ0v) is 21.4. The SMILES string of the molecule is CC(C)(C)C(OCCOCCOCCOCCNC(=O)[C@@H](N)CC(=O)OCc1ccccc1)C(=O)O. The van der Waals surface area contributed by atoms with E-state index in [1.54, 1.807) is 20.8 Å². The molecule has 1 aromatic carbocycles. The Labute approximate surface area is 212 Å². The number of nitrogens with two attached hydrogens (primary N) is 1. The molecule has 0 heterocycles. The van der Waals surface area contributed by atoms with Gasteiger partial charge in [-0.15, -0.1) is 0 Å². The Balaban J connectivity index is 1.95. The summed E-state index contributed by atoms with van der Waals surface area (Å²) in [5, 5.41) is 11.8. The summed E-state index contributed by atoms with van der Waals surface area (Å²) >= 11 is 0. The van der Waals surface area contributed by atoms with E-state index in [0.29, 0.717) is 26.4 Å². The summed E-state index contributed by atoms with van der Waals surface area (Å²) in [6.07, 6.45) is -1.10. The third kappa shape index (κ3) is 14.7. The average molecular weight is 513 g/mol. The maximum atomic E-state index is 12.0. The summed E-state index contributed by atoms with van der Waals surface area (Å²) < 4.78 is 26.6. The van der Waals surface area contributed by atoms with Crippen LogP contribution < -0.4 is 11.1 Å². The van der Waals surface area contributed by atoms with Crippen LogP contribution in [-0.2, 0) is 44.7 Å². The smallest absolute Gasteiger partial charge is 0.333 e. The van der Waals surface area contributed by atoms with Gasteiger partial charge in [-0.1, -0.05) is 51.1 Å². The van der Waals surface area contributed by atoms with E-state index in [-0.39, 0.29) is 39.4 Å². The predicted molar refractivity (Wildman–Crippen MR) is 131 cm³/mol. The van der Waals surface area contributed by atoms with Crippen molar-refractivity contribution < 1.29 is 43.2 Å². The molecule has 0 spiro atoms. The number of hydrogen-bond donors (Lipinski definition) is 3. The van der Waals surface area contributed by atoms with Crippen LogP contribution in [0.1, 0.15) is 32.8 Å². The molecule has 0 aromatic heterocycles. The summed E-state index contributed by atoms with van der Waals surface area (Å²) in [4.78, 5) is 35.0. The fourth-order valence-corrected chi connectivity index (χ4v) is 2.91. The molecule has 1 amide bonds. The second kappa shape index (κ2) is 17.8. The highest BCUT2D eigenvalue weighted by Gasteiger charge is 2.31. The largest absolute Gasteiger partial charge is 0.479 e. The van der Waals surface area contributed by atoms with Gasteiger partial charge in [0.1, 0.15) is 6.61 Å². The van der Waals surface area contributed by atoms with Crippen LogP contribution in [0, 0.1) is 5.41 Å². The standard InChI is InChI=1S/C25H40N2O9/c1-25(2,3)22(24(30)31)35-16-15-34-14-13-33-12-11-32-10-9-27-23(29)20(26)17-21(28)36-18-19-7-5-4-6-8-19/h4-8,20,22H,9-18,26H2,1-3H3,(H,27,29)(H,30,31)/t20-,22?/m0/s1. The van der Waals surface area contributed by atoms with Crippen molar-refractivity contribution in [3.05, 3.63) is 35.9 Å². The number of carboxylic acid groups (broad SMARTS) is 1. The van der Waals surface area contributed by atoms with Crippen molar-refractivity contribution in [1.82, 2.24) is 5.32 Å². The van der Waals surface area contributed by atoms with Gasteiger partial charge >= 0.3 is 11.9 Å². The van der Waals surface area contributed by atoms with Crippen molar-refractivity contribution in [2.24, 2.45) is 11.1 Å². The molecular formula is C25H40N2O9. The fraction of sp³-hybridized carbons (Fsp3) is 0.640. The van der Waals surface area contributed by atoms with Crippen molar-refractivity contribution in [1.29, 1.82) is 0 Å². The van der Waals surface area contributed by atoms with Crippen molar-refractivity contribution in [2.45, 2.75) is 45.9 Å². The number of rotatable bonds is 19. The second-order valence-electron chi connectivity index (χ2n) is 9.04. The summed E-state index contributed by atoms with van der Waals surface area (Å²) in [5.74, 6) is -1.99. The van der Waals surface area contributed by atoms with Gasteiger partial charge in [-0.2, -0.15) is 0 Å². The number of amides is 1. The molecule has 1 rings (SSSR count).